The van der Waals surface area contributed by atoms with Crippen molar-refractivity contribution in [2.75, 3.05) is 0 Å². The molecule has 2 aromatic carbocycles. The molecule has 1 aromatic heterocycles. The average molecular weight is 427 g/mol. The monoisotopic (exact) mass is 426 g/mol. The molecule has 2 N–H and O–H groups in total. The number of amides is 1. The van der Waals surface area contributed by atoms with Crippen molar-refractivity contribution >= 4 is 23.5 Å². The van der Waals surface area contributed by atoms with E-state index in [9.17, 15) is 14.7 Å². The lowest BCUT2D eigenvalue weighted by molar-refractivity contribution is -0.137. The maximum Gasteiger partial charge on any atom is 0.305 e. The van der Waals surface area contributed by atoms with Crippen LogP contribution < -0.4 is 5.32 Å². The van der Waals surface area contributed by atoms with Gasteiger partial charge in [-0.1, -0.05) is 67.4 Å². The molecule has 1 unspecified atom stereocenters. The Bertz CT molecular complexity index is 1060. The number of hydrogen-bond acceptors (Lipinski definition) is 4. The topological polar surface area (TPSA) is 97.1 Å². The molecule has 30 heavy (non-hydrogen) atoms. The molecule has 0 bridgehead atoms. The molecule has 0 spiro atoms. The third-order valence-corrected chi connectivity index (χ3v) is 4.92. The molecule has 3 rings (SSSR count). The van der Waals surface area contributed by atoms with Crippen LogP contribution in [0.2, 0.25) is 5.02 Å². The SMILES string of the molecule is Cc1ccc(C(CC(=O)O)NC(=O)c2nc(C(C)C)n(-c3ccccc3Cl)n2)cc1. The number of carbonyl (C=O) groups is 2. The molecule has 156 valence electrons. The van der Waals surface area contributed by atoms with Gasteiger partial charge in [0.1, 0.15) is 5.82 Å². The van der Waals surface area contributed by atoms with Crippen LogP contribution in [0.5, 0.6) is 0 Å². The molecule has 1 amide bonds. The molecule has 1 atom stereocenters. The van der Waals surface area contributed by atoms with Gasteiger partial charge in [0.15, 0.2) is 0 Å². The van der Waals surface area contributed by atoms with E-state index in [0.29, 0.717) is 22.1 Å². The predicted molar refractivity (Wildman–Crippen MR) is 114 cm³/mol. The highest BCUT2D eigenvalue weighted by molar-refractivity contribution is 6.32. The van der Waals surface area contributed by atoms with E-state index in [4.69, 9.17) is 11.6 Å². The van der Waals surface area contributed by atoms with E-state index in [1.165, 1.54) is 0 Å². The lowest BCUT2D eigenvalue weighted by Crippen LogP contribution is -2.31. The number of aliphatic carboxylic acids is 1. The van der Waals surface area contributed by atoms with Crippen LogP contribution in [0, 0.1) is 6.92 Å². The van der Waals surface area contributed by atoms with Crippen molar-refractivity contribution in [2.24, 2.45) is 0 Å². The second-order valence-corrected chi connectivity index (χ2v) is 7.75. The quantitative estimate of drug-likeness (QED) is 0.587. The minimum atomic E-state index is -1.02. The van der Waals surface area contributed by atoms with Crippen LogP contribution in [0.25, 0.3) is 5.69 Å². The lowest BCUT2D eigenvalue weighted by atomic mass is 10.0. The Kier molecular flexibility index (Phi) is 6.52. The number of rotatable bonds is 7. The van der Waals surface area contributed by atoms with E-state index < -0.39 is 17.9 Å². The number of hydrogen-bond donors (Lipinski definition) is 2. The summed E-state index contributed by atoms with van der Waals surface area (Å²) in [7, 11) is 0. The third-order valence-electron chi connectivity index (χ3n) is 4.60. The van der Waals surface area contributed by atoms with Gasteiger partial charge in [-0.3, -0.25) is 9.59 Å². The summed E-state index contributed by atoms with van der Waals surface area (Å²) in [5.41, 5.74) is 2.36. The Morgan fingerprint density at radius 3 is 2.40 bits per heavy atom. The maximum absolute atomic E-state index is 12.9. The Morgan fingerprint density at radius 2 is 1.80 bits per heavy atom. The number of aromatic nitrogens is 3. The highest BCUT2D eigenvalue weighted by Crippen LogP contribution is 2.24. The number of nitrogens with one attached hydrogen (secondary N) is 1. The second kappa shape index (κ2) is 9.09. The Balaban J connectivity index is 1.93. The Labute approximate surface area is 179 Å². The minimum Gasteiger partial charge on any atom is -0.481 e. The van der Waals surface area contributed by atoms with Gasteiger partial charge in [0.05, 0.1) is 23.2 Å². The standard InChI is InChI=1S/C22H23ClN4O3/c1-13(2)21-25-20(26-27(21)18-7-5-4-6-16(18)23)22(30)24-17(12-19(28)29)15-10-8-14(3)9-11-15/h4-11,13,17H,12H2,1-3H3,(H,24,30)(H,28,29). The predicted octanol–water partition coefficient (Wildman–Crippen LogP) is 4.30. The van der Waals surface area contributed by atoms with Crippen molar-refractivity contribution in [3.8, 4) is 5.69 Å². The molecule has 0 aliphatic heterocycles. The van der Waals surface area contributed by atoms with Crippen LogP contribution in [0.1, 0.15) is 59.8 Å². The van der Waals surface area contributed by atoms with E-state index in [1.54, 1.807) is 28.9 Å². The summed E-state index contributed by atoms with van der Waals surface area (Å²) in [6, 6.07) is 13.8. The van der Waals surface area contributed by atoms with Crippen molar-refractivity contribution in [3.05, 3.63) is 76.3 Å². The number of aryl methyl sites for hydroxylation is 1. The zero-order valence-electron chi connectivity index (χ0n) is 17.0. The first-order valence-corrected chi connectivity index (χ1v) is 9.95. The smallest absolute Gasteiger partial charge is 0.305 e. The fourth-order valence-corrected chi connectivity index (χ4v) is 3.26. The van der Waals surface area contributed by atoms with Crippen molar-refractivity contribution < 1.29 is 14.7 Å². The molecule has 7 nitrogen and oxygen atoms in total. The molecule has 8 heteroatoms. The fourth-order valence-electron chi connectivity index (χ4n) is 3.04. The normalized spacial score (nSPS) is 12.0. The van der Waals surface area contributed by atoms with Gasteiger partial charge in [-0.25, -0.2) is 9.67 Å². The molecule has 1 heterocycles. The van der Waals surface area contributed by atoms with Crippen molar-refractivity contribution in [2.45, 2.75) is 39.2 Å². The van der Waals surface area contributed by atoms with E-state index in [0.717, 1.165) is 5.56 Å². The van der Waals surface area contributed by atoms with E-state index in [-0.39, 0.29) is 18.2 Å². The van der Waals surface area contributed by atoms with Gasteiger partial charge in [-0.2, -0.15) is 0 Å². The summed E-state index contributed by atoms with van der Waals surface area (Å²) >= 11 is 6.30. The van der Waals surface area contributed by atoms with Crippen molar-refractivity contribution in [3.63, 3.8) is 0 Å². The molecule has 0 fully saturated rings. The molecule has 0 saturated heterocycles. The third kappa shape index (κ3) is 4.86. The molecular formula is C22H23ClN4O3. The average Bonchev–Trinajstić information content (AvgIpc) is 3.14. The van der Waals surface area contributed by atoms with Crippen LogP contribution >= 0.6 is 11.6 Å². The number of nitrogens with zero attached hydrogens (tertiary/aromatic N) is 3. The summed E-state index contributed by atoms with van der Waals surface area (Å²) in [5.74, 6) is -1.03. The van der Waals surface area contributed by atoms with E-state index in [1.807, 2.05) is 45.0 Å². The first-order valence-electron chi connectivity index (χ1n) is 9.57. The maximum atomic E-state index is 12.9. The molecule has 0 saturated carbocycles. The summed E-state index contributed by atoms with van der Waals surface area (Å²) in [6.07, 6.45) is -0.253. The Morgan fingerprint density at radius 1 is 1.13 bits per heavy atom. The van der Waals surface area contributed by atoms with Crippen LogP contribution in [0.3, 0.4) is 0 Å². The number of benzene rings is 2. The van der Waals surface area contributed by atoms with Gasteiger partial charge in [-0.05, 0) is 24.6 Å². The number of carboxylic acid groups (broad SMARTS) is 1. The summed E-state index contributed by atoms with van der Waals surface area (Å²) in [4.78, 5) is 28.6. The molecular weight excluding hydrogens is 404 g/mol. The van der Waals surface area contributed by atoms with Crippen molar-refractivity contribution in [1.29, 1.82) is 0 Å². The number of carbonyl (C=O) groups excluding carboxylic acids is 1. The highest BCUT2D eigenvalue weighted by Gasteiger charge is 2.24. The van der Waals surface area contributed by atoms with Gasteiger partial charge >= 0.3 is 5.97 Å². The van der Waals surface area contributed by atoms with E-state index >= 15 is 0 Å². The van der Waals surface area contributed by atoms with Gasteiger partial charge in [0, 0.05) is 5.92 Å². The number of para-hydroxylation sites is 1. The fraction of sp³-hybridized carbons (Fsp3) is 0.273. The van der Waals surface area contributed by atoms with Crippen LogP contribution in [0.4, 0.5) is 0 Å². The van der Waals surface area contributed by atoms with Crippen LogP contribution in [-0.2, 0) is 4.79 Å². The number of halogens is 1. The van der Waals surface area contributed by atoms with Gasteiger partial charge in [0.2, 0.25) is 5.82 Å². The summed E-state index contributed by atoms with van der Waals surface area (Å²) < 4.78 is 1.56. The summed E-state index contributed by atoms with van der Waals surface area (Å²) in [6.45, 7) is 5.82. The second-order valence-electron chi connectivity index (χ2n) is 7.35. The van der Waals surface area contributed by atoms with Gasteiger partial charge < -0.3 is 10.4 Å². The largest absolute Gasteiger partial charge is 0.481 e. The molecule has 0 aliphatic rings. The lowest BCUT2D eigenvalue weighted by Gasteiger charge is -2.16. The minimum absolute atomic E-state index is 0.0118. The molecule has 0 aliphatic carbocycles. The zero-order valence-corrected chi connectivity index (χ0v) is 17.7. The highest BCUT2D eigenvalue weighted by atomic mass is 35.5. The Hall–Kier alpha value is -3.19. The molecule has 0 radical (unpaired) electrons. The van der Waals surface area contributed by atoms with Gasteiger partial charge in [0.25, 0.3) is 5.91 Å². The summed E-state index contributed by atoms with van der Waals surface area (Å²) in [5, 5.41) is 16.9. The van der Waals surface area contributed by atoms with Crippen LogP contribution in [0.15, 0.2) is 48.5 Å². The number of carboxylic acids is 1. The van der Waals surface area contributed by atoms with Gasteiger partial charge in [-0.15, -0.1) is 5.10 Å². The first-order chi connectivity index (χ1) is 14.3. The molecule has 3 aromatic rings. The first kappa shape index (κ1) is 21.5. The van der Waals surface area contributed by atoms with Crippen molar-refractivity contribution in [1.82, 2.24) is 20.1 Å². The van der Waals surface area contributed by atoms with Crippen LogP contribution in [-0.4, -0.2) is 31.7 Å². The van der Waals surface area contributed by atoms with E-state index in [2.05, 4.69) is 15.4 Å². The zero-order chi connectivity index (χ0) is 21.8.